The molecule has 8 aromatic rings. The van der Waals surface area contributed by atoms with Gasteiger partial charge in [0.2, 0.25) is 0 Å². The number of alkyl halides is 5. The first-order chi connectivity index (χ1) is 27.1. The molecule has 0 saturated carbocycles. The maximum Gasteiger partial charge on any atom is 0.417 e. The molecule has 57 heavy (non-hydrogen) atoms. The number of fused-ring (bicyclic) bond motifs is 2. The number of nitrogens with zero attached hydrogens (tertiary/aromatic N) is 4. The molecule has 0 atom stereocenters. The summed E-state index contributed by atoms with van der Waals surface area (Å²) in [5.41, 5.74) is 2.70. The topological polar surface area (TPSA) is 125 Å². The zero-order valence-electron chi connectivity index (χ0n) is 29.7. The fourth-order valence-electron chi connectivity index (χ4n) is 6.22. The van der Waals surface area contributed by atoms with Gasteiger partial charge < -0.3 is 20.6 Å². The number of anilines is 2. The summed E-state index contributed by atoms with van der Waals surface area (Å²) < 4.78 is 83.2. The van der Waals surface area contributed by atoms with Crippen LogP contribution < -0.4 is 10.6 Å². The summed E-state index contributed by atoms with van der Waals surface area (Å²) in [5, 5.41) is 15.1. The van der Waals surface area contributed by atoms with E-state index in [9.17, 15) is 35.9 Å². The molecule has 17 heteroatoms. The third-order valence-corrected chi connectivity index (χ3v) is 9.22. The van der Waals surface area contributed by atoms with Crippen LogP contribution in [0, 0.1) is 5.82 Å². The largest absolute Gasteiger partial charge is 0.417 e. The molecule has 0 saturated heterocycles. The zero-order chi connectivity index (χ0) is 40.6. The molecule has 0 fully saturated rings. The molecule has 0 spiro atoms. The van der Waals surface area contributed by atoms with E-state index in [0.29, 0.717) is 44.9 Å². The normalized spacial score (nSPS) is 11.5. The van der Waals surface area contributed by atoms with Gasteiger partial charge in [0.05, 0.1) is 5.56 Å². The van der Waals surface area contributed by atoms with Gasteiger partial charge in [-0.15, -0.1) is 0 Å². The molecule has 0 aliphatic rings. The van der Waals surface area contributed by atoms with E-state index in [1.165, 1.54) is 33.9 Å². The third-order valence-electron chi connectivity index (χ3n) is 8.99. The van der Waals surface area contributed by atoms with Gasteiger partial charge in [-0.05, 0) is 84.9 Å². The van der Waals surface area contributed by atoms with E-state index < -0.39 is 24.0 Å². The van der Waals surface area contributed by atoms with E-state index in [-0.39, 0.29) is 39.2 Å². The highest BCUT2D eigenvalue weighted by molar-refractivity contribution is 6.31. The van der Waals surface area contributed by atoms with Crippen molar-refractivity contribution in [2.75, 3.05) is 10.6 Å². The van der Waals surface area contributed by atoms with Gasteiger partial charge in [-0.1, -0.05) is 23.7 Å². The molecule has 0 radical (unpaired) electrons. The molecule has 290 valence electrons. The van der Waals surface area contributed by atoms with Gasteiger partial charge in [-0.2, -0.15) is 23.4 Å². The molecular weight excluding hydrogens is 774 g/mol. The fraction of sp³-hybridized carbons (Fsp3) is 0.100. The van der Waals surface area contributed by atoms with E-state index in [4.69, 9.17) is 11.6 Å². The number of rotatable bonds is 7. The van der Waals surface area contributed by atoms with Crippen LogP contribution in [0.1, 0.15) is 38.5 Å². The molecule has 4 aromatic heterocycles. The standard InChI is InChI=1S/C20H14ClF3N4O.C20H15F3N4O/c1-28-18(6-7-25-28)19(29)26-13-4-2-11-8-17(27-16(11)10-13)14-9-12(21)3-5-15(14)20(22,23)24;1-27-18(6-7-24-27)20(28)25-13-4-2-11-8-17(26-16(11)10-13)15-9-12(21)3-5-14(15)19(22)23/h2-10,27H,1H3,(H,26,29);2-10,19,26H,1H3,(H,25,28). The molecule has 4 heterocycles. The van der Waals surface area contributed by atoms with Crippen LogP contribution in [0.4, 0.5) is 37.7 Å². The molecular formula is C40H29ClF6N8O2. The second-order valence-electron chi connectivity index (χ2n) is 12.8. The number of amides is 2. The van der Waals surface area contributed by atoms with Gasteiger partial charge in [-0.25, -0.2) is 13.2 Å². The van der Waals surface area contributed by atoms with Crippen molar-refractivity contribution in [3.8, 4) is 22.5 Å². The van der Waals surface area contributed by atoms with Crippen molar-refractivity contribution in [3.63, 3.8) is 0 Å². The third kappa shape index (κ3) is 8.26. The molecule has 0 aliphatic carbocycles. The highest BCUT2D eigenvalue weighted by Crippen LogP contribution is 2.39. The summed E-state index contributed by atoms with van der Waals surface area (Å²) >= 11 is 5.92. The van der Waals surface area contributed by atoms with Gasteiger partial charge in [0.1, 0.15) is 17.2 Å². The number of hydrogen-bond acceptors (Lipinski definition) is 4. The number of aryl methyl sites for hydroxylation is 2. The number of aromatic nitrogens is 6. The predicted octanol–water partition coefficient (Wildman–Crippen LogP) is 10.4. The Bertz CT molecular complexity index is 2780. The van der Waals surface area contributed by atoms with Gasteiger partial charge >= 0.3 is 6.18 Å². The van der Waals surface area contributed by atoms with Crippen LogP contribution >= 0.6 is 11.6 Å². The highest BCUT2D eigenvalue weighted by Gasteiger charge is 2.34. The first-order valence-corrected chi connectivity index (χ1v) is 17.3. The van der Waals surface area contributed by atoms with Gasteiger partial charge in [0.25, 0.3) is 18.2 Å². The Kier molecular flexibility index (Phi) is 10.4. The van der Waals surface area contributed by atoms with E-state index >= 15 is 0 Å². The van der Waals surface area contributed by atoms with E-state index in [1.54, 1.807) is 74.8 Å². The van der Waals surface area contributed by atoms with Crippen molar-refractivity contribution < 1.29 is 35.9 Å². The van der Waals surface area contributed by atoms with E-state index in [0.717, 1.165) is 29.7 Å². The van der Waals surface area contributed by atoms with Crippen LogP contribution in [0.15, 0.2) is 109 Å². The number of nitrogens with one attached hydrogen (secondary N) is 4. The van der Waals surface area contributed by atoms with E-state index in [2.05, 4.69) is 30.8 Å². The molecule has 0 aliphatic heterocycles. The second-order valence-corrected chi connectivity index (χ2v) is 13.2. The van der Waals surface area contributed by atoms with Crippen molar-refractivity contribution in [1.29, 1.82) is 0 Å². The quantitative estimate of drug-likeness (QED) is 0.120. The maximum absolute atomic E-state index is 13.6. The Balaban J connectivity index is 0.000000174. The monoisotopic (exact) mass is 802 g/mol. The summed E-state index contributed by atoms with van der Waals surface area (Å²) in [6, 6.07) is 23.3. The molecule has 4 N–H and O–H groups in total. The summed E-state index contributed by atoms with van der Waals surface area (Å²) in [4.78, 5) is 30.6. The van der Waals surface area contributed by atoms with Crippen LogP contribution in [-0.4, -0.2) is 41.3 Å². The number of H-pyrrole nitrogens is 2. The van der Waals surface area contributed by atoms with Crippen molar-refractivity contribution in [2.24, 2.45) is 14.1 Å². The lowest BCUT2D eigenvalue weighted by Crippen LogP contribution is -2.15. The van der Waals surface area contributed by atoms with Crippen molar-refractivity contribution in [3.05, 3.63) is 143 Å². The van der Waals surface area contributed by atoms with Gasteiger partial charge in [0, 0.05) is 92.8 Å². The lowest BCUT2D eigenvalue weighted by Gasteiger charge is -2.12. The SMILES string of the molecule is Cn1nccc1C(=O)Nc1ccc2cc(-c3cc(Cl)ccc3C(F)(F)F)[nH]c2c1.Cn1nccc1C(=O)Nc1ccc2cc(-c3cc(F)ccc3C(F)F)[nH]c2c1. The zero-order valence-corrected chi connectivity index (χ0v) is 30.5. The number of carbonyl (C=O) groups excluding carboxylic acids is 2. The minimum atomic E-state index is -4.51. The summed E-state index contributed by atoms with van der Waals surface area (Å²) in [7, 11) is 3.31. The minimum absolute atomic E-state index is 0.0401. The molecule has 4 aromatic carbocycles. The second kappa shape index (κ2) is 15.4. The number of carbonyl (C=O) groups is 2. The minimum Gasteiger partial charge on any atom is -0.354 e. The lowest BCUT2D eigenvalue weighted by atomic mass is 10.0. The Morgan fingerprint density at radius 3 is 1.68 bits per heavy atom. The Morgan fingerprint density at radius 2 is 1.21 bits per heavy atom. The van der Waals surface area contributed by atoms with Crippen LogP contribution in [-0.2, 0) is 20.3 Å². The number of benzene rings is 4. The summed E-state index contributed by atoms with van der Waals surface area (Å²) in [5.74, 6) is -1.26. The summed E-state index contributed by atoms with van der Waals surface area (Å²) in [6.07, 6.45) is -4.21. The fourth-order valence-corrected chi connectivity index (χ4v) is 6.39. The van der Waals surface area contributed by atoms with Crippen LogP contribution in [0.2, 0.25) is 5.02 Å². The number of hydrogen-bond donors (Lipinski definition) is 4. The van der Waals surface area contributed by atoms with Crippen molar-refractivity contribution in [1.82, 2.24) is 29.5 Å². The molecule has 8 rings (SSSR count). The van der Waals surface area contributed by atoms with Gasteiger partial charge in [0.15, 0.2) is 0 Å². The van der Waals surface area contributed by atoms with Crippen LogP contribution in [0.3, 0.4) is 0 Å². The van der Waals surface area contributed by atoms with E-state index in [1.807, 2.05) is 0 Å². The average molecular weight is 803 g/mol. The van der Waals surface area contributed by atoms with Crippen LogP contribution in [0.5, 0.6) is 0 Å². The Labute approximate surface area is 324 Å². The number of halogens is 7. The van der Waals surface area contributed by atoms with Crippen molar-refractivity contribution >= 4 is 56.6 Å². The maximum atomic E-state index is 13.6. The molecule has 0 bridgehead atoms. The predicted molar refractivity (Wildman–Crippen MR) is 205 cm³/mol. The lowest BCUT2D eigenvalue weighted by molar-refractivity contribution is -0.137. The molecule has 0 unspecified atom stereocenters. The summed E-state index contributed by atoms with van der Waals surface area (Å²) in [6.45, 7) is 0. The smallest absolute Gasteiger partial charge is 0.354 e. The Morgan fingerprint density at radius 1 is 0.684 bits per heavy atom. The van der Waals surface area contributed by atoms with Crippen LogP contribution in [0.25, 0.3) is 44.3 Å². The average Bonchev–Trinajstić information content (AvgIpc) is 3.97. The van der Waals surface area contributed by atoms with Crippen molar-refractivity contribution in [2.45, 2.75) is 12.6 Å². The molecule has 10 nitrogen and oxygen atoms in total. The van der Waals surface area contributed by atoms with Gasteiger partial charge in [-0.3, -0.25) is 19.0 Å². The highest BCUT2D eigenvalue weighted by atomic mass is 35.5. The first-order valence-electron chi connectivity index (χ1n) is 16.9. The molecule has 2 amide bonds. The number of aromatic amines is 2. The first kappa shape index (κ1) is 38.5. The Hall–Kier alpha value is -6.81.